The van der Waals surface area contributed by atoms with Gasteiger partial charge in [-0.05, 0) is 37.5 Å². The molecule has 1 heterocycles. The largest absolute Gasteiger partial charge is 0.392 e. The SMILES string of the molecule is [C-]#[N+]c1ncn(-c2cc(C(=O)NC3CC3)ccc2C)c1N. The van der Waals surface area contributed by atoms with Gasteiger partial charge in [-0.2, -0.15) is 0 Å². The molecule has 1 amide bonds. The van der Waals surface area contributed by atoms with Crippen LogP contribution in [-0.4, -0.2) is 21.5 Å². The van der Waals surface area contributed by atoms with E-state index in [1.54, 1.807) is 16.7 Å². The van der Waals surface area contributed by atoms with Crippen LogP contribution < -0.4 is 11.1 Å². The van der Waals surface area contributed by atoms with Gasteiger partial charge in [0.05, 0.1) is 5.69 Å². The standard InChI is InChI=1S/C15H15N5O/c1-9-3-4-10(15(21)19-11-5-6-11)7-12(9)20-8-18-14(17-2)13(20)16/h3-4,7-8,11H,5-6,16H2,1H3,(H,19,21). The number of aryl methyl sites for hydroxylation is 1. The Labute approximate surface area is 122 Å². The number of rotatable bonds is 3. The number of amides is 1. The number of imidazole rings is 1. The molecule has 1 aliphatic rings. The normalized spacial score (nSPS) is 13.7. The number of benzene rings is 1. The van der Waals surface area contributed by atoms with Crippen molar-refractivity contribution in [3.63, 3.8) is 0 Å². The summed E-state index contributed by atoms with van der Waals surface area (Å²) in [4.78, 5) is 19.4. The highest BCUT2D eigenvalue weighted by Crippen LogP contribution is 2.26. The molecular formula is C15H15N5O. The second-order valence-corrected chi connectivity index (χ2v) is 5.18. The van der Waals surface area contributed by atoms with Crippen molar-refractivity contribution in [3.8, 4) is 5.69 Å². The maximum atomic E-state index is 12.1. The van der Waals surface area contributed by atoms with E-state index in [4.69, 9.17) is 12.3 Å². The third kappa shape index (κ3) is 2.46. The maximum Gasteiger partial charge on any atom is 0.311 e. The highest BCUT2D eigenvalue weighted by Gasteiger charge is 2.24. The Balaban J connectivity index is 1.99. The van der Waals surface area contributed by atoms with Crippen molar-refractivity contribution in [1.29, 1.82) is 0 Å². The smallest absolute Gasteiger partial charge is 0.311 e. The number of nitrogen functional groups attached to an aromatic ring is 1. The minimum atomic E-state index is -0.0807. The number of hydrogen-bond acceptors (Lipinski definition) is 3. The van der Waals surface area contributed by atoms with Crippen LogP contribution in [0.25, 0.3) is 10.5 Å². The van der Waals surface area contributed by atoms with Crippen molar-refractivity contribution >= 4 is 17.5 Å². The van der Waals surface area contributed by atoms with Gasteiger partial charge in [-0.1, -0.05) is 12.6 Å². The van der Waals surface area contributed by atoms with Gasteiger partial charge in [0.15, 0.2) is 6.33 Å². The summed E-state index contributed by atoms with van der Waals surface area (Å²) in [6.07, 6.45) is 3.61. The zero-order chi connectivity index (χ0) is 15.0. The molecule has 0 unspecified atom stereocenters. The van der Waals surface area contributed by atoms with Crippen molar-refractivity contribution in [2.45, 2.75) is 25.8 Å². The minimum absolute atomic E-state index is 0.0807. The summed E-state index contributed by atoms with van der Waals surface area (Å²) in [5.41, 5.74) is 8.22. The lowest BCUT2D eigenvalue weighted by atomic mass is 10.1. The molecule has 6 nitrogen and oxygen atoms in total. The summed E-state index contributed by atoms with van der Waals surface area (Å²) in [7, 11) is 0. The zero-order valence-corrected chi connectivity index (χ0v) is 11.6. The van der Waals surface area contributed by atoms with Gasteiger partial charge in [-0.25, -0.2) is 0 Å². The highest BCUT2D eigenvalue weighted by molar-refractivity contribution is 5.95. The number of hydrogen-bond donors (Lipinski definition) is 2. The fourth-order valence-corrected chi connectivity index (χ4v) is 2.13. The molecule has 1 aromatic heterocycles. The van der Waals surface area contributed by atoms with Crippen LogP contribution in [-0.2, 0) is 0 Å². The second-order valence-electron chi connectivity index (χ2n) is 5.18. The van der Waals surface area contributed by atoms with Crippen LogP contribution in [0.3, 0.4) is 0 Å². The molecule has 3 rings (SSSR count). The molecule has 0 bridgehead atoms. The number of aromatic nitrogens is 2. The first kappa shape index (κ1) is 13.2. The van der Waals surface area contributed by atoms with Gasteiger partial charge in [0, 0.05) is 11.6 Å². The highest BCUT2D eigenvalue weighted by atomic mass is 16.1. The molecule has 0 radical (unpaired) electrons. The first-order valence-corrected chi connectivity index (χ1v) is 6.72. The Morgan fingerprint density at radius 2 is 2.29 bits per heavy atom. The molecule has 1 aromatic carbocycles. The second kappa shape index (κ2) is 4.94. The average molecular weight is 281 g/mol. The molecule has 0 atom stereocenters. The molecule has 1 saturated carbocycles. The van der Waals surface area contributed by atoms with Crippen LogP contribution in [0.2, 0.25) is 0 Å². The molecule has 0 aliphatic heterocycles. The lowest BCUT2D eigenvalue weighted by molar-refractivity contribution is 0.0951. The number of carbonyl (C=O) groups is 1. The van der Waals surface area contributed by atoms with Crippen molar-refractivity contribution in [2.24, 2.45) is 0 Å². The first-order chi connectivity index (χ1) is 10.1. The summed E-state index contributed by atoms with van der Waals surface area (Å²) < 4.78 is 1.64. The molecule has 2 aromatic rings. The van der Waals surface area contributed by atoms with Gasteiger partial charge < -0.3 is 15.9 Å². The topological polar surface area (TPSA) is 77.3 Å². The van der Waals surface area contributed by atoms with Crippen LogP contribution >= 0.6 is 0 Å². The van der Waals surface area contributed by atoms with Crippen LogP contribution in [0.4, 0.5) is 11.6 Å². The van der Waals surface area contributed by atoms with Crippen molar-refractivity contribution in [1.82, 2.24) is 14.9 Å². The monoisotopic (exact) mass is 281 g/mol. The minimum Gasteiger partial charge on any atom is -0.392 e. The van der Waals surface area contributed by atoms with E-state index in [-0.39, 0.29) is 17.5 Å². The number of nitrogens with one attached hydrogen (secondary N) is 1. The first-order valence-electron chi connectivity index (χ1n) is 6.72. The predicted molar refractivity (Wildman–Crippen MR) is 79.5 cm³/mol. The average Bonchev–Trinajstić information content (AvgIpc) is 3.21. The van der Waals surface area contributed by atoms with Gasteiger partial charge in [0.2, 0.25) is 0 Å². The number of nitrogens with zero attached hydrogens (tertiary/aromatic N) is 3. The third-order valence-corrected chi connectivity index (χ3v) is 3.53. The van der Waals surface area contributed by atoms with E-state index in [1.165, 1.54) is 6.33 Å². The lowest BCUT2D eigenvalue weighted by Gasteiger charge is -2.11. The molecule has 0 saturated heterocycles. The van der Waals surface area contributed by atoms with E-state index in [2.05, 4.69) is 15.1 Å². The Morgan fingerprint density at radius 3 is 2.90 bits per heavy atom. The third-order valence-electron chi connectivity index (χ3n) is 3.53. The summed E-state index contributed by atoms with van der Waals surface area (Å²) in [5, 5.41) is 2.96. The van der Waals surface area contributed by atoms with Crippen molar-refractivity contribution in [3.05, 3.63) is 47.1 Å². The van der Waals surface area contributed by atoms with Crippen molar-refractivity contribution < 1.29 is 4.79 Å². The maximum absolute atomic E-state index is 12.1. The molecule has 21 heavy (non-hydrogen) atoms. The van der Waals surface area contributed by atoms with Gasteiger partial charge in [-0.15, -0.1) is 4.98 Å². The quantitative estimate of drug-likeness (QED) is 0.847. The van der Waals surface area contributed by atoms with E-state index in [0.717, 1.165) is 24.1 Å². The van der Waals surface area contributed by atoms with Crippen LogP contribution in [0, 0.1) is 13.5 Å². The number of anilines is 1. The predicted octanol–water partition coefficient (Wildman–Crippen LogP) is 2.21. The number of nitrogens with two attached hydrogens (primary N) is 1. The molecule has 1 fully saturated rings. The number of carbonyl (C=O) groups excluding carboxylic acids is 1. The molecule has 6 heteroatoms. The summed E-state index contributed by atoms with van der Waals surface area (Å²) in [6, 6.07) is 5.75. The molecule has 0 spiro atoms. The fourth-order valence-electron chi connectivity index (χ4n) is 2.13. The zero-order valence-electron chi connectivity index (χ0n) is 11.6. The van der Waals surface area contributed by atoms with E-state index >= 15 is 0 Å². The summed E-state index contributed by atoms with van der Waals surface area (Å²) in [5.74, 6) is 0.373. The Bertz CT molecular complexity index is 752. The van der Waals surface area contributed by atoms with E-state index < -0.39 is 0 Å². The Kier molecular flexibility index (Phi) is 3.10. The van der Waals surface area contributed by atoms with Gasteiger partial charge in [0.25, 0.3) is 5.91 Å². The van der Waals surface area contributed by atoms with Gasteiger partial charge >= 0.3 is 5.82 Å². The van der Waals surface area contributed by atoms with Crippen LogP contribution in [0.15, 0.2) is 24.5 Å². The molecular weight excluding hydrogens is 266 g/mol. The molecule has 3 N–H and O–H groups in total. The van der Waals surface area contributed by atoms with E-state index in [0.29, 0.717) is 11.6 Å². The van der Waals surface area contributed by atoms with Crippen LogP contribution in [0.1, 0.15) is 28.8 Å². The van der Waals surface area contributed by atoms with Gasteiger partial charge in [0.1, 0.15) is 5.82 Å². The Hall–Kier alpha value is -2.81. The van der Waals surface area contributed by atoms with E-state index in [9.17, 15) is 4.79 Å². The Morgan fingerprint density at radius 1 is 1.52 bits per heavy atom. The summed E-state index contributed by atoms with van der Waals surface area (Å²) in [6.45, 7) is 8.94. The van der Waals surface area contributed by atoms with Crippen molar-refractivity contribution in [2.75, 3.05) is 5.73 Å². The van der Waals surface area contributed by atoms with Gasteiger partial charge in [-0.3, -0.25) is 9.36 Å². The lowest BCUT2D eigenvalue weighted by Crippen LogP contribution is -2.25. The fraction of sp³-hybridized carbons (Fsp3) is 0.267. The molecule has 106 valence electrons. The summed E-state index contributed by atoms with van der Waals surface area (Å²) >= 11 is 0. The van der Waals surface area contributed by atoms with Crippen LogP contribution in [0.5, 0.6) is 0 Å². The molecule has 1 aliphatic carbocycles. The van der Waals surface area contributed by atoms with E-state index in [1.807, 2.05) is 13.0 Å².